The van der Waals surface area contributed by atoms with Crippen molar-refractivity contribution in [3.63, 3.8) is 0 Å². The van der Waals surface area contributed by atoms with Crippen molar-refractivity contribution in [3.8, 4) is 17.6 Å². The SMILES string of the molecule is CCCC#CC1=C(c2ccc(CCCC(C)C3CC3)cn2)CC(C2CCCC2)C(C)c2cc(OC)ccc21. The Hall–Kier alpha value is -2.53. The number of hydrogen-bond acceptors (Lipinski definition) is 2. The van der Waals surface area contributed by atoms with E-state index in [1.165, 1.54) is 79.2 Å². The van der Waals surface area contributed by atoms with Crippen LogP contribution in [0.25, 0.3) is 11.1 Å². The molecular formula is C36H47NO. The van der Waals surface area contributed by atoms with Crippen molar-refractivity contribution in [2.24, 2.45) is 23.7 Å². The zero-order valence-corrected chi connectivity index (χ0v) is 24.2. The van der Waals surface area contributed by atoms with E-state index in [-0.39, 0.29) is 0 Å². The van der Waals surface area contributed by atoms with E-state index < -0.39 is 0 Å². The van der Waals surface area contributed by atoms with Crippen molar-refractivity contribution in [3.05, 3.63) is 58.9 Å². The molecule has 1 aromatic carbocycles. The van der Waals surface area contributed by atoms with Gasteiger partial charge in [-0.25, -0.2) is 0 Å². The van der Waals surface area contributed by atoms with E-state index >= 15 is 0 Å². The fourth-order valence-electron chi connectivity index (χ4n) is 7.07. The second-order valence-corrected chi connectivity index (χ2v) is 12.3. The smallest absolute Gasteiger partial charge is 0.119 e. The Morgan fingerprint density at radius 1 is 1.08 bits per heavy atom. The van der Waals surface area contributed by atoms with Gasteiger partial charge in [-0.15, -0.1) is 0 Å². The van der Waals surface area contributed by atoms with E-state index in [4.69, 9.17) is 9.72 Å². The number of aryl methyl sites for hydroxylation is 1. The second kappa shape index (κ2) is 12.5. The highest BCUT2D eigenvalue weighted by atomic mass is 16.5. The molecule has 2 fully saturated rings. The number of benzene rings is 1. The highest BCUT2D eigenvalue weighted by molar-refractivity contribution is 5.99. The number of aromatic nitrogens is 1. The normalized spacial score (nSPS) is 22.4. The van der Waals surface area contributed by atoms with Crippen molar-refractivity contribution in [2.45, 2.75) is 104 Å². The first kappa shape index (κ1) is 27.1. The zero-order valence-electron chi connectivity index (χ0n) is 24.2. The molecule has 0 amide bonds. The van der Waals surface area contributed by atoms with Gasteiger partial charge in [0, 0.05) is 18.2 Å². The van der Waals surface area contributed by atoms with Crippen molar-refractivity contribution >= 4 is 11.1 Å². The van der Waals surface area contributed by atoms with Crippen LogP contribution in [0.1, 0.15) is 120 Å². The Bertz CT molecular complexity index is 1170. The molecule has 38 heavy (non-hydrogen) atoms. The summed E-state index contributed by atoms with van der Waals surface area (Å²) in [7, 11) is 1.78. The summed E-state index contributed by atoms with van der Waals surface area (Å²) >= 11 is 0. The minimum Gasteiger partial charge on any atom is -0.497 e. The van der Waals surface area contributed by atoms with Crippen LogP contribution in [0.5, 0.6) is 5.75 Å². The van der Waals surface area contributed by atoms with E-state index in [2.05, 4.69) is 69.1 Å². The Kier molecular flexibility index (Phi) is 8.93. The van der Waals surface area contributed by atoms with Crippen LogP contribution >= 0.6 is 0 Å². The average molecular weight is 510 g/mol. The Morgan fingerprint density at radius 3 is 2.58 bits per heavy atom. The first-order valence-electron chi connectivity index (χ1n) is 15.4. The minimum absolute atomic E-state index is 0.469. The summed E-state index contributed by atoms with van der Waals surface area (Å²) < 4.78 is 5.69. The summed E-state index contributed by atoms with van der Waals surface area (Å²) in [5.41, 5.74) is 7.74. The van der Waals surface area contributed by atoms with Gasteiger partial charge in [0.1, 0.15) is 5.75 Å². The lowest BCUT2D eigenvalue weighted by Gasteiger charge is -2.29. The lowest BCUT2D eigenvalue weighted by atomic mass is 9.75. The Labute approximate surface area is 231 Å². The molecule has 5 rings (SSSR count). The Balaban J connectivity index is 1.50. The monoisotopic (exact) mass is 509 g/mol. The number of methoxy groups -OCH3 is 1. The lowest BCUT2D eigenvalue weighted by molar-refractivity contribution is 0.301. The van der Waals surface area contributed by atoms with Crippen molar-refractivity contribution in [1.82, 2.24) is 4.98 Å². The van der Waals surface area contributed by atoms with Gasteiger partial charge in [0.2, 0.25) is 0 Å². The van der Waals surface area contributed by atoms with Crippen LogP contribution < -0.4 is 4.74 Å². The fourth-order valence-corrected chi connectivity index (χ4v) is 7.07. The van der Waals surface area contributed by atoms with E-state index in [9.17, 15) is 0 Å². The van der Waals surface area contributed by atoms with Crippen LogP contribution in [0.15, 0.2) is 36.5 Å². The number of unbranched alkanes of at least 4 members (excludes halogenated alkanes) is 1. The predicted octanol–water partition coefficient (Wildman–Crippen LogP) is 9.49. The molecule has 0 bridgehead atoms. The molecule has 3 aliphatic rings. The summed E-state index contributed by atoms with van der Waals surface area (Å²) in [5.74, 6) is 11.8. The van der Waals surface area contributed by atoms with Gasteiger partial charge in [0.15, 0.2) is 0 Å². The number of pyridine rings is 1. The first-order chi connectivity index (χ1) is 18.6. The maximum absolute atomic E-state index is 5.69. The highest BCUT2D eigenvalue weighted by Gasteiger charge is 2.36. The van der Waals surface area contributed by atoms with Gasteiger partial charge in [-0.2, -0.15) is 0 Å². The van der Waals surface area contributed by atoms with Crippen LogP contribution in [0.3, 0.4) is 0 Å². The predicted molar refractivity (Wildman–Crippen MR) is 160 cm³/mol. The largest absolute Gasteiger partial charge is 0.497 e. The van der Waals surface area contributed by atoms with Crippen LogP contribution in [0, 0.1) is 35.5 Å². The molecule has 1 aromatic heterocycles. The molecule has 3 atom stereocenters. The molecule has 2 heteroatoms. The molecule has 2 nitrogen and oxygen atoms in total. The number of rotatable bonds is 9. The van der Waals surface area contributed by atoms with E-state index in [1.54, 1.807) is 7.11 Å². The fraction of sp³-hybridized carbons (Fsp3) is 0.583. The topological polar surface area (TPSA) is 22.1 Å². The molecule has 0 radical (unpaired) electrons. The molecule has 2 aromatic rings. The molecule has 1 heterocycles. The minimum atomic E-state index is 0.469. The maximum atomic E-state index is 5.69. The zero-order chi connectivity index (χ0) is 26.5. The summed E-state index contributed by atoms with van der Waals surface area (Å²) in [6, 6.07) is 11.3. The van der Waals surface area contributed by atoms with Gasteiger partial charge in [0.05, 0.1) is 12.8 Å². The van der Waals surface area contributed by atoms with Gasteiger partial charge < -0.3 is 4.74 Å². The Morgan fingerprint density at radius 2 is 1.89 bits per heavy atom. The third kappa shape index (κ3) is 6.20. The number of allylic oxidation sites excluding steroid dienone is 2. The summed E-state index contributed by atoms with van der Waals surface area (Å²) in [5, 5.41) is 0. The molecule has 0 N–H and O–H groups in total. The summed E-state index contributed by atoms with van der Waals surface area (Å²) in [6.45, 7) is 7.09. The van der Waals surface area contributed by atoms with E-state index in [0.29, 0.717) is 11.8 Å². The standard InChI is InChI=1S/C36H47NO/c1-5-6-7-15-31-32-20-19-30(38-4)22-34(32)26(3)33(29-13-8-9-14-29)23-35(31)36-21-16-27(24-37-36)12-10-11-25(2)28-17-18-28/h16,19-22,24-26,28-29,33H,5-6,8-14,17-18,23H2,1-4H3. The molecular weight excluding hydrogens is 462 g/mol. The van der Waals surface area contributed by atoms with Gasteiger partial charge in [0.25, 0.3) is 0 Å². The molecule has 2 saturated carbocycles. The van der Waals surface area contributed by atoms with Crippen LogP contribution in [-0.4, -0.2) is 12.1 Å². The van der Waals surface area contributed by atoms with Crippen LogP contribution in [-0.2, 0) is 6.42 Å². The van der Waals surface area contributed by atoms with E-state index in [1.807, 2.05) is 0 Å². The maximum Gasteiger partial charge on any atom is 0.119 e. The van der Waals surface area contributed by atoms with Crippen LogP contribution in [0.4, 0.5) is 0 Å². The summed E-state index contributed by atoms with van der Waals surface area (Å²) in [6.07, 6.45) is 17.3. The molecule has 0 aliphatic heterocycles. The van der Waals surface area contributed by atoms with E-state index in [0.717, 1.165) is 54.9 Å². The number of fused-ring (bicyclic) bond motifs is 1. The third-order valence-electron chi connectivity index (χ3n) is 9.68. The molecule has 3 unspecified atom stereocenters. The first-order valence-corrected chi connectivity index (χ1v) is 15.4. The molecule has 202 valence electrons. The quantitative estimate of drug-likeness (QED) is 0.314. The van der Waals surface area contributed by atoms with Crippen molar-refractivity contribution < 1.29 is 4.74 Å². The van der Waals surface area contributed by atoms with Gasteiger partial charge >= 0.3 is 0 Å². The van der Waals surface area contributed by atoms with Crippen molar-refractivity contribution in [2.75, 3.05) is 7.11 Å². The lowest BCUT2D eigenvalue weighted by Crippen LogP contribution is -2.19. The third-order valence-corrected chi connectivity index (χ3v) is 9.68. The average Bonchev–Trinajstić information content (AvgIpc) is 3.68. The number of nitrogens with zero attached hydrogens (tertiary/aromatic N) is 1. The highest BCUT2D eigenvalue weighted by Crippen LogP contribution is 2.49. The molecule has 0 spiro atoms. The van der Waals surface area contributed by atoms with Gasteiger partial charge in [-0.3, -0.25) is 4.98 Å². The van der Waals surface area contributed by atoms with Gasteiger partial charge in [-0.1, -0.05) is 70.8 Å². The summed E-state index contributed by atoms with van der Waals surface area (Å²) in [4.78, 5) is 5.11. The number of hydrogen-bond donors (Lipinski definition) is 0. The van der Waals surface area contributed by atoms with Gasteiger partial charge in [-0.05, 0) is 115 Å². The molecule has 3 aliphatic carbocycles. The van der Waals surface area contributed by atoms with Crippen molar-refractivity contribution in [1.29, 1.82) is 0 Å². The number of ether oxygens (including phenoxy) is 1. The van der Waals surface area contributed by atoms with Crippen LogP contribution in [0.2, 0.25) is 0 Å². The second-order valence-electron chi connectivity index (χ2n) is 12.3. The molecule has 0 saturated heterocycles.